The van der Waals surface area contributed by atoms with Crippen LogP contribution in [-0.4, -0.2) is 23.2 Å². The maximum Gasteiger partial charge on any atom is 0.128 e. The molecular weight excluding hydrogens is 248 g/mol. The van der Waals surface area contributed by atoms with Crippen molar-refractivity contribution >= 4 is 5.82 Å². The molecule has 0 aliphatic carbocycles. The summed E-state index contributed by atoms with van der Waals surface area (Å²) >= 11 is 0. The van der Waals surface area contributed by atoms with Crippen LogP contribution in [0.3, 0.4) is 0 Å². The van der Waals surface area contributed by atoms with Gasteiger partial charge in [0.05, 0.1) is 6.61 Å². The topological polar surface area (TPSA) is 36.4 Å². The molecule has 1 aromatic carbocycles. The van der Waals surface area contributed by atoms with Crippen LogP contribution in [0.5, 0.6) is 0 Å². The molecule has 3 nitrogen and oxygen atoms in total. The summed E-state index contributed by atoms with van der Waals surface area (Å²) in [6, 6.07) is 12.7. The van der Waals surface area contributed by atoms with Gasteiger partial charge in [-0.3, -0.25) is 0 Å². The molecular formula is C17H20N2O. The van der Waals surface area contributed by atoms with Gasteiger partial charge in [-0.15, -0.1) is 0 Å². The SMILES string of the molecule is Cc1nc(N2CCc3ccccc3CC2)ccc1CO. The van der Waals surface area contributed by atoms with Crippen molar-refractivity contribution in [2.24, 2.45) is 0 Å². The first kappa shape index (κ1) is 13.1. The summed E-state index contributed by atoms with van der Waals surface area (Å²) in [5, 5.41) is 9.23. The van der Waals surface area contributed by atoms with Crippen molar-refractivity contribution in [1.82, 2.24) is 4.98 Å². The Bertz CT molecular complexity index is 583. The number of rotatable bonds is 2. The Balaban J connectivity index is 1.81. The predicted octanol–water partition coefficient (Wildman–Crippen LogP) is 2.49. The zero-order valence-electron chi connectivity index (χ0n) is 11.8. The summed E-state index contributed by atoms with van der Waals surface area (Å²) in [5.74, 6) is 1.02. The van der Waals surface area contributed by atoms with E-state index in [1.807, 2.05) is 19.1 Å². The van der Waals surface area contributed by atoms with E-state index < -0.39 is 0 Å². The van der Waals surface area contributed by atoms with Gasteiger partial charge in [0.15, 0.2) is 0 Å². The molecule has 2 aromatic rings. The number of benzene rings is 1. The van der Waals surface area contributed by atoms with Crippen molar-refractivity contribution < 1.29 is 5.11 Å². The number of aliphatic hydroxyl groups is 1. The first-order valence-corrected chi connectivity index (χ1v) is 7.17. The normalized spacial score (nSPS) is 14.8. The first-order valence-electron chi connectivity index (χ1n) is 7.17. The van der Waals surface area contributed by atoms with Gasteiger partial charge >= 0.3 is 0 Å². The van der Waals surface area contributed by atoms with E-state index in [1.165, 1.54) is 11.1 Å². The molecule has 20 heavy (non-hydrogen) atoms. The van der Waals surface area contributed by atoms with E-state index in [1.54, 1.807) is 0 Å². The summed E-state index contributed by atoms with van der Waals surface area (Å²) in [5.41, 5.74) is 4.75. The highest BCUT2D eigenvalue weighted by molar-refractivity contribution is 5.43. The van der Waals surface area contributed by atoms with Crippen molar-refractivity contribution in [3.05, 3.63) is 58.8 Å². The number of fused-ring (bicyclic) bond motifs is 1. The van der Waals surface area contributed by atoms with E-state index in [0.29, 0.717) is 0 Å². The maximum atomic E-state index is 9.23. The fourth-order valence-electron chi connectivity index (χ4n) is 2.82. The van der Waals surface area contributed by atoms with Crippen molar-refractivity contribution in [2.75, 3.05) is 18.0 Å². The van der Waals surface area contributed by atoms with Crippen molar-refractivity contribution in [3.8, 4) is 0 Å². The predicted molar refractivity (Wildman–Crippen MR) is 81.0 cm³/mol. The zero-order valence-corrected chi connectivity index (χ0v) is 11.8. The van der Waals surface area contributed by atoms with E-state index in [4.69, 9.17) is 0 Å². The number of aromatic nitrogens is 1. The van der Waals surface area contributed by atoms with Crippen LogP contribution < -0.4 is 4.90 Å². The van der Waals surface area contributed by atoms with Gasteiger partial charge in [0.1, 0.15) is 5.82 Å². The number of anilines is 1. The highest BCUT2D eigenvalue weighted by atomic mass is 16.3. The molecule has 1 N–H and O–H groups in total. The van der Waals surface area contributed by atoms with E-state index >= 15 is 0 Å². The minimum absolute atomic E-state index is 0.0601. The van der Waals surface area contributed by atoms with Gasteiger partial charge in [-0.05, 0) is 42.5 Å². The lowest BCUT2D eigenvalue weighted by Crippen LogP contribution is -2.27. The molecule has 0 radical (unpaired) electrons. The second-order valence-corrected chi connectivity index (χ2v) is 5.33. The summed E-state index contributed by atoms with van der Waals surface area (Å²) in [6.45, 7) is 4.02. The second-order valence-electron chi connectivity index (χ2n) is 5.33. The first-order chi connectivity index (χ1) is 9.78. The Kier molecular flexibility index (Phi) is 3.70. The standard InChI is InChI=1S/C17H20N2O/c1-13-16(12-20)6-7-17(18-13)19-10-8-14-4-2-3-5-15(14)9-11-19/h2-7,20H,8-12H2,1H3. The fourth-order valence-corrected chi connectivity index (χ4v) is 2.82. The lowest BCUT2D eigenvalue weighted by Gasteiger charge is -2.22. The molecule has 3 heteroatoms. The minimum atomic E-state index is 0.0601. The number of hydrogen-bond acceptors (Lipinski definition) is 3. The van der Waals surface area contributed by atoms with Gasteiger partial charge < -0.3 is 10.0 Å². The molecule has 0 fully saturated rings. The number of aliphatic hydroxyl groups excluding tert-OH is 1. The summed E-state index contributed by atoms with van der Waals surface area (Å²) in [4.78, 5) is 6.98. The smallest absolute Gasteiger partial charge is 0.128 e. The summed E-state index contributed by atoms with van der Waals surface area (Å²) in [6.07, 6.45) is 2.14. The average molecular weight is 268 g/mol. The van der Waals surface area contributed by atoms with Crippen LogP contribution in [-0.2, 0) is 19.4 Å². The number of pyridine rings is 1. The third kappa shape index (κ3) is 2.54. The van der Waals surface area contributed by atoms with Crippen LogP contribution in [0.1, 0.15) is 22.4 Å². The molecule has 0 amide bonds. The van der Waals surface area contributed by atoms with Gasteiger partial charge in [0, 0.05) is 18.8 Å². The average Bonchev–Trinajstić information content (AvgIpc) is 2.70. The molecule has 1 aliphatic heterocycles. The van der Waals surface area contributed by atoms with Gasteiger partial charge in [0.25, 0.3) is 0 Å². The largest absolute Gasteiger partial charge is 0.392 e. The third-order valence-corrected chi connectivity index (χ3v) is 4.10. The Labute approximate surface area is 119 Å². The molecule has 0 atom stereocenters. The summed E-state index contributed by atoms with van der Waals surface area (Å²) in [7, 11) is 0. The molecule has 3 rings (SSSR count). The molecule has 1 aliphatic rings. The molecule has 0 unspecified atom stereocenters. The van der Waals surface area contributed by atoms with Crippen molar-refractivity contribution in [1.29, 1.82) is 0 Å². The Hall–Kier alpha value is -1.87. The minimum Gasteiger partial charge on any atom is -0.392 e. The van der Waals surface area contributed by atoms with E-state index in [-0.39, 0.29) is 6.61 Å². The lowest BCUT2D eigenvalue weighted by molar-refractivity contribution is 0.280. The number of nitrogens with zero attached hydrogens (tertiary/aromatic N) is 2. The highest BCUT2D eigenvalue weighted by Crippen LogP contribution is 2.20. The fraction of sp³-hybridized carbons (Fsp3) is 0.353. The third-order valence-electron chi connectivity index (χ3n) is 4.10. The molecule has 104 valence electrons. The lowest BCUT2D eigenvalue weighted by atomic mass is 10.0. The van der Waals surface area contributed by atoms with E-state index in [2.05, 4.69) is 34.1 Å². The molecule has 0 bridgehead atoms. The molecule has 1 aromatic heterocycles. The van der Waals surface area contributed by atoms with Gasteiger partial charge in [-0.25, -0.2) is 4.98 Å². The number of aryl methyl sites for hydroxylation is 1. The van der Waals surface area contributed by atoms with Crippen LogP contribution in [0.2, 0.25) is 0 Å². The second kappa shape index (κ2) is 5.63. The van der Waals surface area contributed by atoms with Crippen LogP contribution in [0, 0.1) is 6.92 Å². The highest BCUT2D eigenvalue weighted by Gasteiger charge is 2.15. The molecule has 0 saturated carbocycles. The maximum absolute atomic E-state index is 9.23. The summed E-state index contributed by atoms with van der Waals surface area (Å²) < 4.78 is 0. The molecule has 0 spiro atoms. The zero-order chi connectivity index (χ0) is 13.9. The molecule has 0 saturated heterocycles. The van der Waals surface area contributed by atoms with Crippen molar-refractivity contribution in [2.45, 2.75) is 26.4 Å². The van der Waals surface area contributed by atoms with Crippen molar-refractivity contribution in [3.63, 3.8) is 0 Å². The van der Waals surface area contributed by atoms with Crippen LogP contribution >= 0.6 is 0 Å². The van der Waals surface area contributed by atoms with E-state index in [9.17, 15) is 5.11 Å². The Morgan fingerprint density at radius 1 is 1.05 bits per heavy atom. The van der Waals surface area contributed by atoms with Crippen LogP contribution in [0.4, 0.5) is 5.82 Å². The van der Waals surface area contributed by atoms with Crippen LogP contribution in [0.25, 0.3) is 0 Å². The van der Waals surface area contributed by atoms with Gasteiger partial charge in [-0.1, -0.05) is 30.3 Å². The van der Waals surface area contributed by atoms with Crippen LogP contribution in [0.15, 0.2) is 36.4 Å². The van der Waals surface area contributed by atoms with E-state index in [0.717, 1.165) is 43.0 Å². The van der Waals surface area contributed by atoms with Gasteiger partial charge in [-0.2, -0.15) is 0 Å². The quantitative estimate of drug-likeness (QED) is 0.909. The Morgan fingerprint density at radius 3 is 2.25 bits per heavy atom. The number of hydrogen-bond donors (Lipinski definition) is 1. The molecule has 2 heterocycles. The monoisotopic (exact) mass is 268 g/mol. The Morgan fingerprint density at radius 2 is 1.70 bits per heavy atom. The van der Waals surface area contributed by atoms with Gasteiger partial charge in [0.2, 0.25) is 0 Å².